The number of nitrogens with one attached hydrogen (secondary N) is 2. The molecule has 1 aliphatic heterocycles. The largest absolute Gasteiger partial charge is 0.368 e. The van der Waals surface area contributed by atoms with Gasteiger partial charge in [0.15, 0.2) is 0 Å². The fraction of sp³-hybridized carbons (Fsp3) is 0.250. The number of rotatable bonds is 3. The van der Waals surface area contributed by atoms with Crippen molar-refractivity contribution in [1.29, 1.82) is 0 Å². The van der Waals surface area contributed by atoms with E-state index in [0.717, 1.165) is 50.1 Å². The fourth-order valence-corrected chi connectivity index (χ4v) is 2.44. The zero-order chi connectivity index (χ0) is 16.2. The minimum absolute atomic E-state index is 0. The van der Waals surface area contributed by atoms with Crippen molar-refractivity contribution < 1.29 is 13.6 Å². The molecule has 1 aromatic carbocycles. The number of carbonyl (C=O) groups excluding carboxylic acids is 1. The Bertz CT molecular complexity index is 685. The summed E-state index contributed by atoms with van der Waals surface area (Å²) in [7, 11) is 0. The van der Waals surface area contributed by atoms with Gasteiger partial charge in [0.05, 0.1) is 11.9 Å². The Balaban J connectivity index is 0.00000208. The van der Waals surface area contributed by atoms with Gasteiger partial charge in [-0.1, -0.05) is 0 Å². The lowest BCUT2D eigenvalue weighted by atomic mass is 10.2. The quantitative estimate of drug-likeness (QED) is 0.889. The summed E-state index contributed by atoms with van der Waals surface area (Å²) in [5.41, 5.74) is 0.886. The first-order valence-corrected chi connectivity index (χ1v) is 7.31. The molecular weight excluding hydrogens is 338 g/mol. The predicted molar refractivity (Wildman–Crippen MR) is 90.9 cm³/mol. The highest BCUT2D eigenvalue weighted by molar-refractivity contribution is 6.03. The molecule has 1 amide bonds. The van der Waals surface area contributed by atoms with Crippen LogP contribution in [0.4, 0.5) is 20.3 Å². The lowest BCUT2D eigenvalue weighted by Gasteiger charge is -2.29. The van der Waals surface area contributed by atoms with Crippen LogP contribution >= 0.6 is 12.4 Å². The summed E-state index contributed by atoms with van der Waals surface area (Å²) in [6.07, 6.45) is 1.67. The van der Waals surface area contributed by atoms with Gasteiger partial charge in [-0.2, -0.15) is 0 Å². The van der Waals surface area contributed by atoms with E-state index in [1.807, 2.05) is 6.07 Å². The van der Waals surface area contributed by atoms with Crippen molar-refractivity contribution in [2.75, 3.05) is 36.4 Å². The van der Waals surface area contributed by atoms with Crippen molar-refractivity contribution in [3.63, 3.8) is 0 Å². The van der Waals surface area contributed by atoms with Crippen molar-refractivity contribution in [3.8, 4) is 0 Å². The summed E-state index contributed by atoms with van der Waals surface area (Å²) in [6.45, 7) is 3.64. The zero-order valence-electron chi connectivity index (χ0n) is 12.8. The van der Waals surface area contributed by atoms with E-state index in [-0.39, 0.29) is 18.0 Å². The van der Waals surface area contributed by atoms with E-state index in [9.17, 15) is 13.6 Å². The lowest BCUT2D eigenvalue weighted by molar-refractivity contribution is 0.102. The Morgan fingerprint density at radius 2 is 1.79 bits per heavy atom. The first-order valence-electron chi connectivity index (χ1n) is 7.31. The second-order valence-corrected chi connectivity index (χ2v) is 5.25. The van der Waals surface area contributed by atoms with E-state index < -0.39 is 17.5 Å². The highest BCUT2D eigenvalue weighted by atomic mass is 35.5. The van der Waals surface area contributed by atoms with Gasteiger partial charge in [-0.15, -0.1) is 12.4 Å². The Hall–Kier alpha value is -2.25. The van der Waals surface area contributed by atoms with Gasteiger partial charge >= 0.3 is 0 Å². The number of piperazine rings is 1. The maximum Gasteiger partial charge on any atom is 0.257 e. The van der Waals surface area contributed by atoms with E-state index >= 15 is 0 Å². The number of hydrogen-bond acceptors (Lipinski definition) is 4. The molecule has 2 N–H and O–H groups in total. The minimum Gasteiger partial charge on any atom is -0.368 e. The summed E-state index contributed by atoms with van der Waals surface area (Å²) < 4.78 is 26.3. The highest BCUT2D eigenvalue weighted by Crippen LogP contribution is 2.16. The first-order chi connectivity index (χ1) is 11.1. The van der Waals surface area contributed by atoms with Crippen molar-refractivity contribution >= 4 is 29.8 Å². The summed E-state index contributed by atoms with van der Waals surface area (Å²) >= 11 is 0. The molecule has 1 saturated heterocycles. The van der Waals surface area contributed by atoms with Gasteiger partial charge in [0.2, 0.25) is 0 Å². The Morgan fingerprint density at radius 3 is 2.38 bits per heavy atom. The van der Waals surface area contributed by atoms with Crippen LogP contribution in [0.2, 0.25) is 0 Å². The minimum atomic E-state index is -0.794. The molecule has 0 unspecified atom stereocenters. The molecule has 1 fully saturated rings. The summed E-state index contributed by atoms with van der Waals surface area (Å²) in [5, 5.41) is 5.80. The lowest BCUT2D eigenvalue weighted by Crippen LogP contribution is -2.43. The topological polar surface area (TPSA) is 57.3 Å². The molecule has 0 spiro atoms. The van der Waals surface area contributed by atoms with Crippen molar-refractivity contribution in [2.24, 2.45) is 0 Å². The van der Waals surface area contributed by atoms with Crippen molar-refractivity contribution in [1.82, 2.24) is 10.3 Å². The van der Waals surface area contributed by atoms with E-state index in [2.05, 4.69) is 20.5 Å². The second kappa shape index (κ2) is 8.03. The molecule has 1 aromatic heterocycles. The molecular formula is C16H17ClF2N4O. The summed E-state index contributed by atoms with van der Waals surface area (Å²) in [5.74, 6) is -1.86. The van der Waals surface area contributed by atoms with E-state index in [0.29, 0.717) is 5.82 Å². The van der Waals surface area contributed by atoms with Gasteiger partial charge in [-0.05, 0) is 24.3 Å². The predicted octanol–water partition coefficient (Wildman–Crippen LogP) is 2.44. The molecule has 2 aromatic rings. The number of carbonyl (C=O) groups is 1. The van der Waals surface area contributed by atoms with Crippen LogP contribution in [-0.2, 0) is 0 Å². The van der Waals surface area contributed by atoms with Gasteiger partial charge in [-0.3, -0.25) is 4.79 Å². The highest BCUT2D eigenvalue weighted by Gasteiger charge is 2.12. The number of pyridine rings is 1. The summed E-state index contributed by atoms with van der Waals surface area (Å²) in [6, 6.07) is 6.21. The third-order valence-electron chi connectivity index (χ3n) is 3.60. The monoisotopic (exact) mass is 354 g/mol. The van der Waals surface area contributed by atoms with Crippen LogP contribution in [0.25, 0.3) is 0 Å². The molecule has 0 bridgehead atoms. The molecule has 1 aliphatic rings. The molecule has 5 nitrogen and oxygen atoms in total. The molecule has 0 aliphatic carbocycles. The van der Waals surface area contributed by atoms with Gasteiger partial charge < -0.3 is 15.5 Å². The van der Waals surface area contributed by atoms with E-state index in [4.69, 9.17) is 0 Å². The van der Waals surface area contributed by atoms with Crippen molar-refractivity contribution in [3.05, 3.63) is 53.7 Å². The molecule has 0 atom stereocenters. The summed E-state index contributed by atoms with van der Waals surface area (Å²) in [4.78, 5) is 18.4. The standard InChI is InChI=1S/C16H16F2N4O.ClH/c17-12-7-11(8-13(18)9-12)16(23)21-15-2-1-14(10-20-15)22-5-3-19-4-6-22;/h1-2,7-10,19H,3-6H2,(H,20,21,23);1H. The smallest absolute Gasteiger partial charge is 0.257 e. The van der Waals surface area contributed by atoms with Crippen LogP contribution in [0.3, 0.4) is 0 Å². The maximum absolute atomic E-state index is 13.1. The van der Waals surface area contributed by atoms with Crippen LogP contribution in [0.5, 0.6) is 0 Å². The number of anilines is 2. The van der Waals surface area contributed by atoms with Crippen LogP contribution in [0, 0.1) is 11.6 Å². The van der Waals surface area contributed by atoms with Gasteiger partial charge in [0.25, 0.3) is 5.91 Å². The number of amides is 1. The molecule has 0 radical (unpaired) electrons. The number of nitrogens with zero attached hydrogens (tertiary/aromatic N) is 2. The normalized spacial score (nSPS) is 14.0. The van der Waals surface area contributed by atoms with Crippen LogP contribution in [-0.4, -0.2) is 37.1 Å². The Labute approximate surface area is 144 Å². The number of halogens is 3. The first kappa shape index (κ1) is 18.1. The Morgan fingerprint density at radius 1 is 1.12 bits per heavy atom. The molecule has 2 heterocycles. The third kappa shape index (κ3) is 4.39. The van der Waals surface area contributed by atoms with E-state index in [1.165, 1.54) is 0 Å². The van der Waals surface area contributed by atoms with Crippen LogP contribution < -0.4 is 15.5 Å². The third-order valence-corrected chi connectivity index (χ3v) is 3.60. The fourth-order valence-electron chi connectivity index (χ4n) is 2.44. The van der Waals surface area contributed by atoms with Gasteiger partial charge in [-0.25, -0.2) is 13.8 Å². The molecule has 8 heteroatoms. The Kier molecular flexibility index (Phi) is 6.05. The average Bonchev–Trinajstić information content (AvgIpc) is 2.55. The molecule has 128 valence electrons. The number of aromatic nitrogens is 1. The number of benzene rings is 1. The maximum atomic E-state index is 13.1. The van der Waals surface area contributed by atoms with E-state index in [1.54, 1.807) is 12.3 Å². The number of hydrogen-bond donors (Lipinski definition) is 2. The van der Waals surface area contributed by atoms with Gasteiger partial charge in [0.1, 0.15) is 17.5 Å². The zero-order valence-corrected chi connectivity index (χ0v) is 13.6. The van der Waals surface area contributed by atoms with Crippen LogP contribution in [0.15, 0.2) is 36.5 Å². The SMILES string of the molecule is Cl.O=C(Nc1ccc(N2CCNCC2)cn1)c1cc(F)cc(F)c1. The average molecular weight is 355 g/mol. The van der Waals surface area contributed by atoms with Gasteiger partial charge in [0, 0.05) is 37.8 Å². The van der Waals surface area contributed by atoms with Crippen LogP contribution in [0.1, 0.15) is 10.4 Å². The molecule has 24 heavy (non-hydrogen) atoms. The van der Waals surface area contributed by atoms with Crippen molar-refractivity contribution in [2.45, 2.75) is 0 Å². The molecule has 3 rings (SSSR count). The second-order valence-electron chi connectivity index (χ2n) is 5.25. The molecule has 0 saturated carbocycles.